The van der Waals surface area contributed by atoms with Crippen molar-refractivity contribution in [1.82, 2.24) is 5.32 Å². The van der Waals surface area contributed by atoms with Crippen LogP contribution in [0.3, 0.4) is 0 Å². The maximum Gasteiger partial charge on any atom is 0.326 e. The van der Waals surface area contributed by atoms with E-state index in [-0.39, 0.29) is 18.3 Å². The third-order valence-corrected chi connectivity index (χ3v) is 4.51. The normalized spacial score (nSPS) is 11.5. The lowest BCUT2D eigenvalue weighted by Crippen LogP contribution is -2.87. The van der Waals surface area contributed by atoms with Crippen molar-refractivity contribution in [2.75, 3.05) is 11.9 Å². The second-order valence-corrected chi connectivity index (χ2v) is 6.72. The molecule has 0 aliphatic carbocycles. The highest BCUT2D eigenvalue weighted by molar-refractivity contribution is 6.01. The van der Waals surface area contributed by atoms with E-state index < -0.39 is 17.8 Å². The number of anilines is 1. The minimum atomic E-state index is -0.764. The van der Waals surface area contributed by atoms with E-state index in [2.05, 4.69) is 10.6 Å². The van der Waals surface area contributed by atoms with Gasteiger partial charge >= 0.3 is 6.03 Å². The number of nitrogens with one attached hydrogen (secondary N) is 2. The van der Waals surface area contributed by atoms with Gasteiger partial charge in [0.2, 0.25) is 0 Å². The van der Waals surface area contributed by atoms with E-state index >= 15 is 0 Å². The molecule has 6 heteroatoms. The van der Waals surface area contributed by atoms with Crippen LogP contribution in [0.1, 0.15) is 22.7 Å². The highest BCUT2D eigenvalue weighted by Crippen LogP contribution is 2.18. The molecule has 1 atom stereocenters. The Kier molecular flexibility index (Phi) is 6.71. The molecular weight excluding hydrogens is 369 g/mol. The molecule has 3 amide bonds. The lowest BCUT2D eigenvalue weighted by Gasteiger charge is -2.16. The van der Waals surface area contributed by atoms with Crippen LogP contribution in [0.4, 0.5) is 14.9 Å². The van der Waals surface area contributed by atoms with Gasteiger partial charge in [-0.05, 0) is 19.1 Å². The van der Waals surface area contributed by atoms with Crippen molar-refractivity contribution < 1.29 is 19.3 Å². The van der Waals surface area contributed by atoms with Crippen LogP contribution >= 0.6 is 0 Å². The molecule has 0 radical (unpaired) electrons. The van der Waals surface area contributed by atoms with Gasteiger partial charge in [0.05, 0.1) is 5.69 Å². The Balaban J connectivity index is 1.63. The number of carbonyl (C=O) groups excluding carboxylic acids is 2. The fourth-order valence-electron chi connectivity index (χ4n) is 3.02. The van der Waals surface area contributed by atoms with E-state index in [1.807, 2.05) is 66.8 Å². The molecule has 0 fully saturated rings. The Morgan fingerprint density at radius 2 is 1.52 bits per heavy atom. The van der Waals surface area contributed by atoms with Crippen LogP contribution in [0.5, 0.6) is 0 Å². The Bertz CT molecular complexity index is 975. The van der Waals surface area contributed by atoms with Crippen LogP contribution in [-0.2, 0) is 4.79 Å². The number of halogens is 1. The second-order valence-electron chi connectivity index (χ2n) is 6.72. The molecule has 0 heterocycles. The molecule has 0 saturated carbocycles. The first-order chi connectivity index (χ1) is 14.0. The van der Waals surface area contributed by atoms with Crippen LogP contribution in [0.2, 0.25) is 0 Å². The number of nitrogens with two attached hydrogens (primary N) is 1. The summed E-state index contributed by atoms with van der Waals surface area (Å²) < 4.78 is 13.6. The molecule has 4 N–H and O–H groups in total. The molecular formula is C23H23FN3O2+. The number of quaternary nitrogens is 1. The van der Waals surface area contributed by atoms with Crippen molar-refractivity contribution in [1.29, 1.82) is 0 Å². The predicted molar refractivity (Wildman–Crippen MR) is 110 cm³/mol. The summed E-state index contributed by atoms with van der Waals surface area (Å²) in [5, 5.41) is 6.44. The molecule has 3 aromatic carbocycles. The minimum absolute atomic E-state index is 0.0172. The molecule has 3 aromatic rings. The Labute approximate surface area is 169 Å². The van der Waals surface area contributed by atoms with Gasteiger partial charge in [0, 0.05) is 11.1 Å². The maximum atomic E-state index is 13.6. The van der Waals surface area contributed by atoms with Crippen LogP contribution in [0, 0.1) is 12.7 Å². The number of benzene rings is 3. The topological polar surface area (TPSA) is 74.8 Å². The summed E-state index contributed by atoms with van der Waals surface area (Å²) >= 11 is 0. The molecule has 29 heavy (non-hydrogen) atoms. The highest BCUT2D eigenvalue weighted by Gasteiger charge is 2.20. The van der Waals surface area contributed by atoms with E-state index in [1.165, 1.54) is 18.2 Å². The van der Waals surface area contributed by atoms with Gasteiger partial charge in [0.1, 0.15) is 11.9 Å². The van der Waals surface area contributed by atoms with Crippen molar-refractivity contribution >= 4 is 17.6 Å². The minimum Gasteiger partial charge on any atom is -0.328 e. The average molecular weight is 392 g/mol. The number of para-hydroxylation sites is 1. The van der Waals surface area contributed by atoms with E-state index in [0.717, 1.165) is 16.7 Å². The first-order valence-electron chi connectivity index (χ1n) is 9.33. The standard InChI is InChI=1S/C23H22FN3O2/c1-16-11-13-18(14-12-16)22(17-7-3-2-4-8-17)25-15-21(28)27-23(29)26-20-10-6-5-9-19(20)24/h2-14,22,25H,15H2,1H3,(H2,26,27,28,29)/p+1/t22-/m0/s1. The smallest absolute Gasteiger partial charge is 0.326 e. The fourth-order valence-corrected chi connectivity index (χ4v) is 3.02. The number of rotatable bonds is 6. The maximum absolute atomic E-state index is 13.6. The highest BCUT2D eigenvalue weighted by atomic mass is 19.1. The van der Waals surface area contributed by atoms with Crippen LogP contribution in [0.15, 0.2) is 78.9 Å². The fraction of sp³-hybridized carbons (Fsp3) is 0.130. The van der Waals surface area contributed by atoms with E-state index in [0.29, 0.717) is 0 Å². The lowest BCUT2D eigenvalue weighted by molar-refractivity contribution is -0.676. The quantitative estimate of drug-likeness (QED) is 0.603. The van der Waals surface area contributed by atoms with Gasteiger partial charge < -0.3 is 10.6 Å². The number of hydrogen-bond acceptors (Lipinski definition) is 2. The van der Waals surface area contributed by atoms with E-state index in [9.17, 15) is 14.0 Å². The Morgan fingerprint density at radius 1 is 0.897 bits per heavy atom. The molecule has 0 aromatic heterocycles. The Hall–Kier alpha value is -3.51. The average Bonchev–Trinajstić information content (AvgIpc) is 2.72. The first-order valence-corrected chi connectivity index (χ1v) is 9.33. The zero-order chi connectivity index (χ0) is 20.6. The summed E-state index contributed by atoms with van der Waals surface area (Å²) in [5.41, 5.74) is 3.29. The van der Waals surface area contributed by atoms with Crippen LogP contribution in [-0.4, -0.2) is 18.5 Å². The number of aryl methyl sites for hydroxylation is 1. The molecule has 0 spiro atoms. The second kappa shape index (κ2) is 9.61. The molecule has 0 saturated heterocycles. The molecule has 0 aliphatic rings. The predicted octanol–water partition coefficient (Wildman–Crippen LogP) is 3.14. The number of hydrogen-bond donors (Lipinski definition) is 3. The number of amides is 3. The van der Waals surface area contributed by atoms with Gasteiger partial charge in [-0.3, -0.25) is 10.1 Å². The SMILES string of the molecule is Cc1ccc([C@@H]([NH2+]CC(=O)NC(=O)Nc2ccccc2F)c2ccccc2)cc1. The van der Waals surface area contributed by atoms with Crippen molar-refractivity contribution in [3.63, 3.8) is 0 Å². The summed E-state index contributed by atoms with van der Waals surface area (Å²) in [4.78, 5) is 24.2. The summed E-state index contributed by atoms with van der Waals surface area (Å²) in [7, 11) is 0. The summed E-state index contributed by atoms with van der Waals surface area (Å²) in [6.07, 6.45) is 0. The monoisotopic (exact) mass is 392 g/mol. The number of imide groups is 1. The molecule has 3 rings (SSSR count). The zero-order valence-corrected chi connectivity index (χ0v) is 16.1. The van der Waals surface area contributed by atoms with E-state index in [1.54, 1.807) is 6.07 Å². The Morgan fingerprint density at radius 3 is 2.21 bits per heavy atom. The van der Waals surface area contributed by atoms with Gasteiger partial charge in [-0.2, -0.15) is 0 Å². The number of urea groups is 1. The van der Waals surface area contributed by atoms with Crippen LogP contribution in [0.25, 0.3) is 0 Å². The molecule has 148 valence electrons. The molecule has 0 bridgehead atoms. The zero-order valence-electron chi connectivity index (χ0n) is 16.1. The molecule has 0 aliphatic heterocycles. The first kappa shape index (κ1) is 20.2. The largest absolute Gasteiger partial charge is 0.328 e. The van der Waals surface area contributed by atoms with E-state index in [4.69, 9.17) is 0 Å². The lowest BCUT2D eigenvalue weighted by atomic mass is 9.98. The molecule has 5 nitrogen and oxygen atoms in total. The third-order valence-electron chi connectivity index (χ3n) is 4.51. The van der Waals surface area contributed by atoms with Gasteiger partial charge in [0.25, 0.3) is 5.91 Å². The van der Waals surface area contributed by atoms with Crippen molar-refractivity contribution in [2.24, 2.45) is 0 Å². The summed E-state index contributed by atoms with van der Waals surface area (Å²) in [6.45, 7) is 2.06. The van der Waals surface area contributed by atoms with Crippen LogP contribution < -0.4 is 16.0 Å². The van der Waals surface area contributed by atoms with Crippen molar-refractivity contribution in [3.8, 4) is 0 Å². The summed E-state index contributed by atoms with van der Waals surface area (Å²) in [5.74, 6) is -1.03. The van der Waals surface area contributed by atoms with Gasteiger partial charge in [-0.1, -0.05) is 72.3 Å². The van der Waals surface area contributed by atoms with Crippen molar-refractivity contribution in [2.45, 2.75) is 13.0 Å². The summed E-state index contributed by atoms with van der Waals surface area (Å²) in [6, 6.07) is 22.9. The third kappa shape index (κ3) is 5.73. The van der Waals surface area contributed by atoms with Gasteiger partial charge in [-0.25, -0.2) is 9.18 Å². The van der Waals surface area contributed by atoms with Gasteiger partial charge in [-0.15, -0.1) is 0 Å². The van der Waals surface area contributed by atoms with Crippen molar-refractivity contribution in [3.05, 3.63) is 101 Å². The number of carbonyl (C=O) groups is 2. The molecule has 0 unspecified atom stereocenters. The van der Waals surface area contributed by atoms with Gasteiger partial charge in [0.15, 0.2) is 6.54 Å².